The van der Waals surface area contributed by atoms with Gasteiger partial charge < -0.3 is 20.1 Å². The summed E-state index contributed by atoms with van der Waals surface area (Å²) in [6.45, 7) is 9.40. The zero-order valence-electron chi connectivity index (χ0n) is 14.2. The molecule has 1 aliphatic rings. The number of nitrogens with one attached hydrogen (secondary N) is 2. The van der Waals surface area contributed by atoms with Gasteiger partial charge in [-0.05, 0) is 26.2 Å². The number of rotatable bonds is 11. The molecule has 0 aromatic heterocycles. The molecule has 132 valence electrons. The first-order chi connectivity index (χ1) is 10.4. The predicted molar refractivity (Wildman–Crippen MR) is 103 cm³/mol. The molecule has 22 heavy (non-hydrogen) atoms. The highest BCUT2D eigenvalue weighted by atomic mass is 127. The van der Waals surface area contributed by atoms with Crippen LogP contribution < -0.4 is 10.6 Å². The molecule has 1 unspecified atom stereocenters. The summed E-state index contributed by atoms with van der Waals surface area (Å²) < 4.78 is 11.0. The second-order valence-corrected chi connectivity index (χ2v) is 5.46. The van der Waals surface area contributed by atoms with Gasteiger partial charge in [-0.15, -0.1) is 24.0 Å². The Kier molecular flexibility index (Phi) is 15.7. The maximum atomic E-state index is 5.74. The summed E-state index contributed by atoms with van der Waals surface area (Å²) in [5.41, 5.74) is 0. The van der Waals surface area contributed by atoms with E-state index in [9.17, 15) is 0 Å². The van der Waals surface area contributed by atoms with Crippen LogP contribution in [0.4, 0.5) is 0 Å². The van der Waals surface area contributed by atoms with Gasteiger partial charge >= 0.3 is 0 Å². The number of guanidine groups is 1. The maximum absolute atomic E-state index is 5.74. The average Bonchev–Trinajstić information content (AvgIpc) is 3.00. The Morgan fingerprint density at radius 1 is 1.18 bits per heavy atom. The Bertz CT molecular complexity index is 272. The lowest BCUT2D eigenvalue weighted by Crippen LogP contribution is -2.37. The van der Waals surface area contributed by atoms with Crippen molar-refractivity contribution in [3.8, 4) is 0 Å². The summed E-state index contributed by atoms with van der Waals surface area (Å²) >= 11 is 0. The van der Waals surface area contributed by atoms with Crippen LogP contribution in [-0.2, 0) is 9.47 Å². The number of unbranched alkanes of at least 4 members (excludes halogenated alkanes) is 3. The summed E-state index contributed by atoms with van der Waals surface area (Å²) in [4.78, 5) is 4.58. The molecule has 0 amide bonds. The minimum atomic E-state index is 0. The Balaban J connectivity index is 0.00000441. The van der Waals surface area contributed by atoms with Crippen molar-refractivity contribution in [1.82, 2.24) is 10.6 Å². The van der Waals surface area contributed by atoms with Crippen molar-refractivity contribution in [1.29, 1.82) is 0 Å². The van der Waals surface area contributed by atoms with E-state index in [1.54, 1.807) is 0 Å². The third-order valence-corrected chi connectivity index (χ3v) is 3.48. The number of ether oxygens (including phenoxy) is 2. The second kappa shape index (κ2) is 15.8. The largest absolute Gasteiger partial charge is 0.379 e. The van der Waals surface area contributed by atoms with Crippen molar-refractivity contribution in [3.63, 3.8) is 0 Å². The zero-order valence-corrected chi connectivity index (χ0v) is 16.6. The zero-order chi connectivity index (χ0) is 15.2. The Morgan fingerprint density at radius 2 is 2.05 bits per heavy atom. The predicted octanol–water partition coefficient (Wildman–Crippen LogP) is 2.94. The van der Waals surface area contributed by atoms with E-state index in [0.29, 0.717) is 6.10 Å². The summed E-state index contributed by atoms with van der Waals surface area (Å²) in [6, 6.07) is 0. The van der Waals surface area contributed by atoms with Crippen LogP contribution in [-0.4, -0.2) is 51.5 Å². The van der Waals surface area contributed by atoms with Crippen molar-refractivity contribution in [2.24, 2.45) is 4.99 Å². The van der Waals surface area contributed by atoms with E-state index in [-0.39, 0.29) is 24.0 Å². The van der Waals surface area contributed by atoms with Gasteiger partial charge in [-0.25, -0.2) is 0 Å². The third kappa shape index (κ3) is 11.5. The first kappa shape index (κ1) is 21.9. The fourth-order valence-electron chi connectivity index (χ4n) is 2.25. The van der Waals surface area contributed by atoms with E-state index in [0.717, 1.165) is 58.3 Å². The van der Waals surface area contributed by atoms with Crippen LogP contribution in [0.3, 0.4) is 0 Å². The quantitative estimate of drug-likeness (QED) is 0.231. The van der Waals surface area contributed by atoms with Gasteiger partial charge in [0.15, 0.2) is 5.96 Å². The van der Waals surface area contributed by atoms with Crippen molar-refractivity contribution >= 4 is 29.9 Å². The molecule has 1 heterocycles. The molecule has 1 fully saturated rings. The molecule has 1 saturated heterocycles. The fraction of sp³-hybridized carbons (Fsp3) is 0.938. The molecular weight excluding hydrogens is 393 g/mol. The third-order valence-electron chi connectivity index (χ3n) is 3.48. The van der Waals surface area contributed by atoms with E-state index in [1.807, 2.05) is 0 Å². The van der Waals surface area contributed by atoms with Crippen LogP contribution in [0, 0.1) is 0 Å². The first-order valence-corrected chi connectivity index (χ1v) is 8.58. The number of hydrogen-bond acceptors (Lipinski definition) is 3. The molecule has 0 spiro atoms. The van der Waals surface area contributed by atoms with E-state index < -0.39 is 0 Å². The number of hydrogen-bond donors (Lipinski definition) is 2. The van der Waals surface area contributed by atoms with Crippen molar-refractivity contribution in [2.75, 3.05) is 39.5 Å². The standard InChI is InChI=1S/C16H33N3O2.HI/c1-3-5-6-7-10-18-16(17-4-2)19-11-8-12-21-15-9-13-20-14-15;/h15H,3-14H2,1-2H3,(H2,17,18,19);1H. The lowest BCUT2D eigenvalue weighted by atomic mass is 10.2. The van der Waals surface area contributed by atoms with Gasteiger partial charge in [0.05, 0.1) is 12.7 Å². The average molecular weight is 427 g/mol. The fourth-order valence-corrected chi connectivity index (χ4v) is 2.25. The van der Waals surface area contributed by atoms with Crippen LogP contribution in [0.25, 0.3) is 0 Å². The highest BCUT2D eigenvalue weighted by Crippen LogP contribution is 2.08. The molecule has 1 atom stereocenters. The Labute approximate surface area is 153 Å². The molecule has 5 nitrogen and oxygen atoms in total. The highest BCUT2D eigenvalue weighted by Gasteiger charge is 2.15. The second-order valence-electron chi connectivity index (χ2n) is 5.46. The van der Waals surface area contributed by atoms with E-state index >= 15 is 0 Å². The van der Waals surface area contributed by atoms with Gasteiger partial charge in [0.25, 0.3) is 0 Å². The molecule has 1 aliphatic heterocycles. The van der Waals surface area contributed by atoms with Crippen LogP contribution in [0.2, 0.25) is 0 Å². The summed E-state index contributed by atoms with van der Waals surface area (Å²) in [5.74, 6) is 0.929. The van der Waals surface area contributed by atoms with Crippen molar-refractivity contribution in [2.45, 2.75) is 58.5 Å². The summed E-state index contributed by atoms with van der Waals surface area (Å²) in [7, 11) is 0. The van der Waals surface area contributed by atoms with Crippen LogP contribution >= 0.6 is 24.0 Å². The lowest BCUT2D eigenvalue weighted by Gasteiger charge is -2.12. The topological polar surface area (TPSA) is 54.9 Å². The monoisotopic (exact) mass is 427 g/mol. The number of nitrogens with zero attached hydrogens (tertiary/aromatic N) is 1. The molecule has 6 heteroatoms. The molecular formula is C16H34IN3O2. The molecule has 0 radical (unpaired) electrons. The van der Waals surface area contributed by atoms with E-state index in [1.165, 1.54) is 25.7 Å². The van der Waals surface area contributed by atoms with Gasteiger partial charge in [0, 0.05) is 32.8 Å². The molecule has 1 rings (SSSR count). The minimum Gasteiger partial charge on any atom is -0.379 e. The molecule has 0 saturated carbocycles. The van der Waals surface area contributed by atoms with E-state index in [4.69, 9.17) is 9.47 Å². The molecule has 0 aromatic rings. The van der Waals surface area contributed by atoms with Gasteiger partial charge in [0.2, 0.25) is 0 Å². The van der Waals surface area contributed by atoms with Crippen LogP contribution in [0.15, 0.2) is 4.99 Å². The van der Waals surface area contributed by atoms with Crippen molar-refractivity contribution < 1.29 is 9.47 Å². The van der Waals surface area contributed by atoms with Crippen LogP contribution in [0.5, 0.6) is 0 Å². The molecule has 2 N–H and O–H groups in total. The van der Waals surface area contributed by atoms with E-state index in [2.05, 4.69) is 29.5 Å². The summed E-state index contributed by atoms with van der Waals surface area (Å²) in [5, 5.41) is 6.67. The lowest BCUT2D eigenvalue weighted by molar-refractivity contribution is 0.0424. The molecule has 0 aromatic carbocycles. The van der Waals surface area contributed by atoms with Crippen LogP contribution in [0.1, 0.15) is 52.4 Å². The maximum Gasteiger partial charge on any atom is 0.191 e. The Morgan fingerprint density at radius 3 is 2.73 bits per heavy atom. The SMILES string of the molecule is CCCCCCNC(=NCCCOC1CCOC1)NCC.I. The minimum absolute atomic E-state index is 0. The smallest absolute Gasteiger partial charge is 0.191 e. The number of aliphatic imine (C=N–C) groups is 1. The molecule has 0 bridgehead atoms. The highest BCUT2D eigenvalue weighted by molar-refractivity contribution is 14.0. The van der Waals surface area contributed by atoms with Gasteiger partial charge in [0.1, 0.15) is 0 Å². The van der Waals surface area contributed by atoms with Crippen molar-refractivity contribution in [3.05, 3.63) is 0 Å². The normalized spacial score (nSPS) is 18.1. The van der Waals surface area contributed by atoms with Gasteiger partial charge in [-0.3, -0.25) is 4.99 Å². The summed E-state index contributed by atoms with van der Waals surface area (Å²) in [6.07, 6.45) is 7.40. The van der Waals surface area contributed by atoms with Gasteiger partial charge in [-0.2, -0.15) is 0 Å². The number of halogens is 1. The van der Waals surface area contributed by atoms with Gasteiger partial charge in [-0.1, -0.05) is 26.2 Å². The first-order valence-electron chi connectivity index (χ1n) is 8.58. The Hall–Kier alpha value is -0.0800. The molecule has 0 aliphatic carbocycles.